The third kappa shape index (κ3) is 5.33. The number of aryl methyl sites for hydroxylation is 2. The Balaban J connectivity index is 1.49. The van der Waals surface area contributed by atoms with Gasteiger partial charge in [0.15, 0.2) is 0 Å². The molecule has 2 aromatic carbocycles. The Kier molecular flexibility index (Phi) is 7.23. The van der Waals surface area contributed by atoms with Crippen molar-refractivity contribution in [3.63, 3.8) is 0 Å². The summed E-state index contributed by atoms with van der Waals surface area (Å²) < 4.78 is 5.16. The van der Waals surface area contributed by atoms with Crippen molar-refractivity contribution >= 4 is 17.6 Å². The zero-order chi connectivity index (χ0) is 23.4. The van der Waals surface area contributed by atoms with E-state index in [2.05, 4.69) is 49.1 Å². The summed E-state index contributed by atoms with van der Waals surface area (Å²) in [5.41, 5.74) is 5.58. The van der Waals surface area contributed by atoms with Crippen molar-refractivity contribution in [1.82, 2.24) is 9.91 Å². The minimum absolute atomic E-state index is 0.00253. The molecule has 2 heterocycles. The molecule has 6 nitrogen and oxygen atoms in total. The molecule has 1 saturated heterocycles. The van der Waals surface area contributed by atoms with Gasteiger partial charge in [-0.1, -0.05) is 42.5 Å². The molecule has 0 radical (unpaired) electrons. The lowest BCUT2D eigenvalue weighted by Crippen LogP contribution is -2.43. The van der Waals surface area contributed by atoms with Crippen molar-refractivity contribution in [2.75, 3.05) is 26.2 Å². The molecule has 2 aliphatic rings. The second kappa shape index (κ2) is 10.3. The van der Waals surface area contributed by atoms with Crippen LogP contribution in [0.4, 0.5) is 0 Å². The number of carbonyl (C=O) groups is 2. The fourth-order valence-electron chi connectivity index (χ4n) is 4.62. The number of nitrogens with zero attached hydrogens (tertiary/aromatic N) is 3. The highest BCUT2D eigenvalue weighted by Gasteiger charge is 2.35. The van der Waals surface area contributed by atoms with E-state index in [1.807, 2.05) is 25.1 Å². The zero-order valence-corrected chi connectivity index (χ0v) is 19.8. The van der Waals surface area contributed by atoms with Crippen LogP contribution in [0, 0.1) is 19.8 Å². The lowest BCUT2D eigenvalue weighted by Gasteiger charge is -2.31. The molecular weight excluding hydrogens is 414 g/mol. The number of rotatable bonds is 6. The summed E-state index contributed by atoms with van der Waals surface area (Å²) in [4.78, 5) is 27.5. The Morgan fingerprint density at radius 1 is 1.03 bits per heavy atom. The monoisotopic (exact) mass is 447 g/mol. The maximum atomic E-state index is 13.4. The highest BCUT2D eigenvalue weighted by molar-refractivity contribution is 6.03. The van der Waals surface area contributed by atoms with Crippen LogP contribution in [0.5, 0.6) is 0 Å². The van der Waals surface area contributed by atoms with Crippen LogP contribution >= 0.6 is 0 Å². The van der Waals surface area contributed by atoms with E-state index in [0.29, 0.717) is 32.7 Å². The second-order valence-electron chi connectivity index (χ2n) is 9.02. The fraction of sp³-hybridized carbons (Fsp3) is 0.444. The van der Waals surface area contributed by atoms with Gasteiger partial charge < -0.3 is 4.74 Å². The minimum Gasteiger partial charge on any atom is -0.466 e. The topological polar surface area (TPSA) is 62.2 Å². The first-order valence-corrected chi connectivity index (χ1v) is 11.9. The summed E-state index contributed by atoms with van der Waals surface area (Å²) in [5.74, 6) is -0.179. The molecule has 33 heavy (non-hydrogen) atoms. The summed E-state index contributed by atoms with van der Waals surface area (Å²) in [5, 5.41) is 6.50. The maximum Gasteiger partial charge on any atom is 0.309 e. The van der Waals surface area contributed by atoms with Gasteiger partial charge in [0.2, 0.25) is 0 Å². The normalized spacial score (nSPS) is 19.4. The molecule has 4 rings (SSSR count). The van der Waals surface area contributed by atoms with Crippen LogP contribution in [0.1, 0.15) is 54.5 Å². The van der Waals surface area contributed by atoms with Gasteiger partial charge in [-0.25, -0.2) is 5.01 Å². The van der Waals surface area contributed by atoms with E-state index in [1.54, 1.807) is 5.01 Å². The molecule has 1 fully saturated rings. The Bertz CT molecular complexity index is 1030. The van der Waals surface area contributed by atoms with Crippen molar-refractivity contribution < 1.29 is 14.3 Å². The minimum atomic E-state index is -0.116. The first kappa shape index (κ1) is 23.2. The van der Waals surface area contributed by atoms with Gasteiger partial charge in [0, 0.05) is 6.42 Å². The molecule has 6 heteroatoms. The van der Waals surface area contributed by atoms with Crippen LogP contribution < -0.4 is 0 Å². The van der Waals surface area contributed by atoms with E-state index in [1.165, 1.54) is 11.1 Å². The molecule has 0 aromatic heterocycles. The van der Waals surface area contributed by atoms with Crippen LogP contribution in [0.3, 0.4) is 0 Å². The predicted octanol–water partition coefficient (Wildman–Crippen LogP) is 4.26. The fourth-order valence-corrected chi connectivity index (χ4v) is 4.62. The van der Waals surface area contributed by atoms with Gasteiger partial charge in [-0.2, -0.15) is 5.10 Å². The largest absolute Gasteiger partial charge is 0.466 e. The molecular formula is C27H33N3O3. The number of hydrogen-bond donors (Lipinski definition) is 0. The zero-order valence-electron chi connectivity index (χ0n) is 19.8. The third-order valence-electron chi connectivity index (χ3n) is 6.76. The number of piperidine rings is 1. The van der Waals surface area contributed by atoms with E-state index in [9.17, 15) is 9.59 Å². The number of hydrazone groups is 1. The third-order valence-corrected chi connectivity index (χ3v) is 6.76. The van der Waals surface area contributed by atoms with E-state index in [-0.39, 0.29) is 23.8 Å². The van der Waals surface area contributed by atoms with Gasteiger partial charge in [-0.3, -0.25) is 14.5 Å². The van der Waals surface area contributed by atoms with Crippen LogP contribution in [0.15, 0.2) is 53.6 Å². The van der Waals surface area contributed by atoms with Gasteiger partial charge >= 0.3 is 5.97 Å². The summed E-state index contributed by atoms with van der Waals surface area (Å²) in [6.07, 6.45) is 2.15. The lowest BCUT2D eigenvalue weighted by molar-refractivity contribution is -0.149. The van der Waals surface area contributed by atoms with Crippen LogP contribution in [0.25, 0.3) is 0 Å². The van der Waals surface area contributed by atoms with Gasteiger partial charge in [-0.05, 0) is 75.0 Å². The number of esters is 1. The van der Waals surface area contributed by atoms with Crippen molar-refractivity contribution in [2.24, 2.45) is 11.0 Å². The van der Waals surface area contributed by atoms with E-state index in [4.69, 9.17) is 9.84 Å². The molecule has 0 bridgehead atoms. The molecule has 174 valence electrons. The molecule has 2 aliphatic heterocycles. The number of hydrogen-bond acceptors (Lipinski definition) is 5. The Morgan fingerprint density at radius 3 is 2.42 bits per heavy atom. The van der Waals surface area contributed by atoms with Gasteiger partial charge in [0.1, 0.15) is 0 Å². The van der Waals surface area contributed by atoms with Gasteiger partial charge in [0.25, 0.3) is 5.91 Å². The number of carbonyl (C=O) groups excluding carboxylic acids is 2. The molecule has 0 N–H and O–H groups in total. The highest BCUT2D eigenvalue weighted by atomic mass is 16.5. The summed E-state index contributed by atoms with van der Waals surface area (Å²) in [6, 6.07) is 16.4. The first-order chi connectivity index (χ1) is 16.0. The molecule has 0 aliphatic carbocycles. The molecule has 1 unspecified atom stereocenters. The van der Waals surface area contributed by atoms with Crippen molar-refractivity contribution in [3.8, 4) is 0 Å². The van der Waals surface area contributed by atoms with E-state index in [0.717, 1.165) is 29.7 Å². The summed E-state index contributed by atoms with van der Waals surface area (Å²) in [7, 11) is 0. The first-order valence-electron chi connectivity index (χ1n) is 11.9. The van der Waals surface area contributed by atoms with Crippen molar-refractivity contribution in [1.29, 1.82) is 0 Å². The second-order valence-corrected chi connectivity index (χ2v) is 9.02. The number of benzene rings is 2. The van der Waals surface area contributed by atoms with Crippen LogP contribution in [-0.4, -0.2) is 53.7 Å². The Labute approximate surface area is 196 Å². The Hall–Kier alpha value is -2.99. The average Bonchev–Trinajstić information content (AvgIpc) is 3.28. The molecule has 1 amide bonds. The lowest BCUT2D eigenvalue weighted by atomic mass is 9.96. The summed E-state index contributed by atoms with van der Waals surface area (Å²) >= 11 is 0. The smallest absolute Gasteiger partial charge is 0.309 e. The predicted molar refractivity (Wildman–Crippen MR) is 129 cm³/mol. The average molecular weight is 448 g/mol. The highest BCUT2D eigenvalue weighted by Crippen LogP contribution is 2.33. The standard InChI is InChI=1S/C27H33N3O3/c1-4-33-27(32)22-12-14-29(15-13-22)18-26(31)30-25(21-8-6-5-7-9-21)17-24(28-30)23-11-10-19(2)20(3)16-23/h5-11,16,22,25H,4,12-15,17-18H2,1-3H3. The molecule has 0 spiro atoms. The SMILES string of the molecule is CCOC(=O)C1CCN(CC(=O)N2N=C(c3ccc(C)c(C)c3)CC2c2ccccc2)CC1. The number of ether oxygens (including phenoxy) is 1. The molecule has 2 aromatic rings. The summed E-state index contributed by atoms with van der Waals surface area (Å²) in [6.45, 7) is 8.18. The van der Waals surface area contributed by atoms with Gasteiger partial charge in [-0.15, -0.1) is 0 Å². The quantitative estimate of drug-likeness (QED) is 0.621. The number of amides is 1. The maximum absolute atomic E-state index is 13.4. The van der Waals surface area contributed by atoms with Gasteiger partial charge in [0.05, 0.1) is 30.8 Å². The molecule has 0 saturated carbocycles. The molecule has 1 atom stereocenters. The van der Waals surface area contributed by atoms with Crippen LogP contribution in [-0.2, 0) is 14.3 Å². The van der Waals surface area contributed by atoms with E-state index < -0.39 is 0 Å². The van der Waals surface area contributed by atoms with Crippen molar-refractivity contribution in [3.05, 3.63) is 70.8 Å². The van der Waals surface area contributed by atoms with Crippen LogP contribution in [0.2, 0.25) is 0 Å². The number of likely N-dealkylation sites (tertiary alicyclic amines) is 1. The van der Waals surface area contributed by atoms with Crippen molar-refractivity contribution in [2.45, 2.75) is 46.1 Å². The Morgan fingerprint density at radius 2 is 1.76 bits per heavy atom. The van der Waals surface area contributed by atoms with E-state index >= 15 is 0 Å².